The van der Waals surface area contributed by atoms with Crippen molar-refractivity contribution in [3.8, 4) is 0 Å². The van der Waals surface area contributed by atoms with Crippen molar-refractivity contribution >= 4 is 28.8 Å². The van der Waals surface area contributed by atoms with Gasteiger partial charge in [0.2, 0.25) is 5.91 Å². The molecule has 168 valence electrons. The summed E-state index contributed by atoms with van der Waals surface area (Å²) in [4.78, 5) is 41.7. The van der Waals surface area contributed by atoms with E-state index in [-0.39, 0.29) is 36.3 Å². The molecule has 0 radical (unpaired) electrons. The minimum Gasteiger partial charge on any atom is -0.330 e. The number of benzene rings is 2. The van der Waals surface area contributed by atoms with Gasteiger partial charge in [-0.25, -0.2) is 0 Å². The maximum absolute atomic E-state index is 13.5. The van der Waals surface area contributed by atoms with Gasteiger partial charge in [0.15, 0.2) is 0 Å². The standard InChI is InChI=1S/C25H23N3O4S/c1-2-13-26(25(30)19-9-6-10-20(16-19)28(31)32)17-23(29)27-14-11-22-21(12-15-33-22)24(27)18-7-4-3-5-8-18/h2-10,12,15-16,24H,1,11,13-14,17H2. The second-order valence-corrected chi connectivity index (χ2v) is 8.73. The van der Waals surface area contributed by atoms with Crippen LogP contribution in [-0.2, 0) is 11.2 Å². The Morgan fingerprint density at radius 1 is 1.18 bits per heavy atom. The normalized spacial score (nSPS) is 14.9. The second kappa shape index (κ2) is 9.79. The van der Waals surface area contributed by atoms with Crippen molar-refractivity contribution in [1.29, 1.82) is 0 Å². The molecule has 1 aromatic heterocycles. The van der Waals surface area contributed by atoms with Gasteiger partial charge < -0.3 is 9.80 Å². The summed E-state index contributed by atoms with van der Waals surface area (Å²) < 4.78 is 0. The van der Waals surface area contributed by atoms with Crippen LogP contribution in [0.25, 0.3) is 0 Å². The van der Waals surface area contributed by atoms with Gasteiger partial charge in [-0.3, -0.25) is 19.7 Å². The SMILES string of the molecule is C=CCN(CC(=O)N1CCc2sccc2C1c1ccccc1)C(=O)c1cccc([N+](=O)[O-])c1. The van der Waals surface area contributed by atoms with Crippen LogP contribution in [0.4, 0.5) is 5.69 Å². The van der Waals surface area contributed by atoms with Gasteiger partial charge >= 0.3 is 0 Å². The summed E-state index contributed by atoms with van der Waals surface area (Å²) in [5, 5.41) is 13.2. The number of hydrogen-bond acceptors (Lipinski definition) is 5. The minimum atomic E-state index is -0.545. The number of hydrogen-bond donors (Lipinski definition) is 0. The third-order valence-corrected chi connectivity index (χ3v) is 6.66. The molecule has 7 nitrogen and oxygen atoms in total. The summed E-state index contributed by atoms with van der Waals surface area (Å²) in [6, 6.07) is 17.2. The fourth-order valence-electron chi connectivity index (χ4n) is 4.14. The van der Waals surface area contributed by atoms with Crippen molar-refractivity contribution in [2.75, 3.05) is 19.6 Å². The summed E-state index contributed by atoms with van der Waals surface area (Å²) in [6.45, 7) is 4.27. The van der Waals surface area contributed by atoms with Crippen molar-refractivity contribution in [1.82, 2.24) is 9.80 Å². The summed E-state index contributed by atoms with van der Waals surface area (Å²) in [6.07, 6.45) is 2.31. The Bertz CT molecular complexity index is 1190. The first-order chi connectivity index (χ1) is 16.0. The molecule has 0 bridgehead atoms. The number of carbonyl (C=O) groups is 2. The Labute approximate surface area is 195 Å². The lowest BCUT2D eigenvalue weighted by molar-refractivity contribution is -0.384. The highest BCUT2D eigenvalue weighted by atomic mass is 32.1. The van der Waals surface area contributed by atoms with Crippen molar-refractivity contribution in [2.45, 2.75) is 12.5 Å². The molecule has 0 aliphatic carbocycles. The number of non-ortho nitro benzene ring substituents is 1. The lowest BCUT2D eigenvalue weighted by Gasteiger charge is -2.37. The van der Waals surface area contributed by atoms with E-state index in [1.807, 2.05) is 40.6 Å². The first kappa shape index (κ1) is 22.4. The molecule has 2 amide bonds. The Morgan fingerprint density at radius 2 is 1.97 bits per heavy atom. The first-order valence-electron chi connectivity index (χ1n) is 10.5. The third kappa shape index (κ3) is 4.70. The van der Waals surface area contributed by atoms with Gasteiger partial charge in [0, 0.05) is 35.7 Å². The van der Waals surface area contributed by atoms with E-state index in [1.54, 1.807) is 17.4 Å². The van der Waals surface area contributed by atoms with Gasteiger partial charge in [-0.05, 0) is 35.1 Å². The molecule has 1 unspecified atom stereocenters. The predicted octanol–water partition coefficient (Wildman–Crippen LogP) is 4.46. The lowest BCUT2D eigenvalue weighted by Crippen LogP contribution is -2.46. The topological polar surface area (TPSA) is 83.8 Å². The number of carbonyl (C=O) groups excluding carboxylic acids is 2. The van der Waals surface area contributed by atoms with Crippen LogP contribution in [0.5, 0.6) is 0 Å². The van der Waals surface area contributed by atoms with Crippen molar-refractivity contribution < 1.29 is 14.5 Å². The van der Waals surface area contributed by atoms with E-state index in [2.05, 4.69) is 12.6 Å². The van der Waals surface area contributed by atoms with E-state index in [0.717, 1.165) is 17.5 Å². The van der Waals surface area contributed by atoms with Crippen molar-refractivity contribution in [3.05, 3.63) is 110 Å². The summed E-state index contributed by atoms with van der Waals surface area (Å²) >= 11 is 1.69. The van der Waals surface area contributed by atoms with Crippen LogP contribution in [0.2, 0.25) is 0 Å². The number of nitro groups is 1. The zero-order valence-corrected chi connectivity index (χ0v) is 18.7. The number of rotatable bonds is 7. The highest BCUT2D eigenvalue weighted by molar-refractivity contribution is 7.10. The molecule has 2 aromatic carbocycles. The van der Waals surface area contributed by atoms with Crippen LogP contribution in [0, 0.1) is 10.1 Å². The molecule has 4 rings (SSSR count). The highest BCUT2D eigenvalue weighted by Gasteiger charge is 2.34. The fraction of sp³-hybridized carbons (Fsp3) is 0.200. The molecule has 3 aromatic rings. The molecule has 0 saturated heterocycles. The van der Waals surface area contributed by atoms with Gasteiger partial charge in [0.05, 0.1) is 11.0 Å². The third-order valence-electron chi connectivity index (χ3n) is 5.67. The predicted molar refractivity (Wildman–Crippen MR) is 127 cm³/mol. The van der Waals surface area contributed by atoms with E-state index in [9.17, 15) is 19.7 Å². The van der Waals surface area contributed by atoms with Crippen LogP contribution in [0.15, 0.2) is 78.7 Å². The average molecular weight is 462 g/mol. The molecule has 33 heavy (non-hydrogen) atoms. The van der Waals surface area contributed by atoms with Gasteiger partial charge in [0.25, 0.3) is 11.6 Å². The first-order valence-corrected chi connectivity index (χ1v) is 11.4. The Hall–Kier alpha value is -3.78. The molecule has 2 heterocycles. The zero-order chi connectivity index (χ0) is 23.4. The maximum atomic E-state index is 13.5. The van der Waals surface area contributed by atoms with E-state index in [4.69, 9.17) is 0 Å². The maximum Gasteiger partial charge on any atom is 0.270 e. The van der Waals surface area contributed by atoms with Crippen molar-refractivity contribution in [2.24, 2.45) is 0 Å². The Morgan fingerprint density at radius 3 is 2.70 bits per heavy atom. The summed E-state index contributed by atoms with van der Waals surface area (Å²) in [7, 11) is 0. The Kier molecular flexibility index (Phi) is 6.65. The molecular formula is C25H23N3O4S. The summed E-state index contributed by atoms with van der Waals surface area (Å²) in [5.41, 5.74) is 2.13. The second-order valence-electron chi connectivity index (χ2n) is 7.73. The van der Waals surface area contributed by atoms with E-state index in [1.165, 1.54) is 34.0 Å². The van der Waals surface area contributed by atoms with Gasteiger partial charge in [-0.1, -0.05) is 42.5 Å². The monoisotopic (exact) mass is 461 g/mol. The molecule has 1 aliphatic rings. The van der Waals surface area contributed by atoms with E-state index in [0.29, 0.717) is 6.54 Å². The molecule has 0 N–H and O–H groups in total. The fourth-order valence-corrected chi connectivity index (χ4v) is 5.05. The van der Waals surface area contributed by atoms with Crippen LogP contribution in [0.3, 0.4) is 0 Å². The summed E-state index contributed by atoms with van der Waals surface area (Å²) in [5.74, 6) is -0.627. The molecule has 8 heteroatoms. The zero-order valence-electron chi connectivity index (χ0n) is 17.9. The van der Waals surface area contributed by atoms with E-state index < -0.39 is 10.8 Å². The van der Waals surface area contributed by atoms with Crippen LogP contribution < -0.4 is 0 Å². The number of nitro benzene ring substituents is 1. The number of nitrogens with zero attached hydrogens (tertiary/aromatic N) is 3. The molecule has 1 atom stereocenters. The van der Waals surface area contributed by atoms with Gasteiger partial charge in [-0.15, -0.1) is 17.9 Å². The quantitative estimate of drug-likeness (QED) is 0.295. The van der Waals surface area contributed by atoms with Crippen LogP contribution in [-0.4, -0.2) is 46.2 Å². The average Bonchev–Trinajstić information content (AvgIpc) is 3.32. The van der Waals surface area contributed by atoms with Gasteiger partial charge in [-0.2, -0.15) is 0 Å². The molecule has 1 aliphatic heterocycles. The number of amides is 2. The molecule has 0 saturated carbocycles. The van der Waals surface area contributed by atoms with Crippen molar-refractivity contribution in [3.63, 3.8) is 0 Å². The molecule has 0 spiro atoms. The van der Waals surface area contributed by atoms with Crippen LogP contribution in [0.1, 0.15) is 32.4 Å². The van der Waals surface area contributed by atoms with E-state index >= 15 is 0 Å². The largest absolute Gasteiger partial charge is 0.330 e. The smallest absolute Gasteiger partial charge is 0.270 e. The number of thiophene rings is 1. The molecular weight excluding hydrogens is 438 g/mol. The highest BCUT2D eigenvalue weighted by Crippen LogP contribution is 2.37. The van der Waals surface area contributed by atoms with Gasteiger partial charge in [0.1, 0.15) is 6.54 Å². The number of fused-ring (bicyclic) bond motifs is 1. The Balaban J connectivity index is 1.60. The van der Waals surface area contributed by atoms with Crippen LogP contribution >= 0.6 is 11.3 Å². The minimum absolute atomic E-state index is 0.143. The lowest BCUT2D eigenvalue weighted by atomic mass is 9.93. The molecule has 0 fully saturated rings.